The van der Waals surface area contributed by atoms with Gasteiger partial charge in [-0.3, -0.25) is 0 Å². The fourth-order valence-electron chi connectivity index (χ4n) is 1.89. The summed E-state index contributed by atoms with van der Waals surface area (Å²) in [7, 11) is 0. The molecule has 0 radical (unpaired) electrons. The SMILES string of the molecule is OCC(NCc1cccc(F)c1F)c1ccccc1. The van der Waals surface area contributed by atoms with E-state index < -0.39 is 11.6 Å². The van der Waals surface area contributed by atoms with Crippen molar-refractivity contribution in [2.75, 3.05) is 6.61 Å². The van der Waals surface area contributed by atoms with Crippen LogP contribution >= 0.6 is 0 Å². The van der Waals surface area contributed by atoms with Crippen LogP contribution in [-0.4, -0.2) is 11.7 Å². The van der Waals surface area contributed by atoms with Crippen LogP contribution in [0, 0.1) is 11.6 Å². The van der Waals surface area contributed by atoms with Crippen LogP contribution in [-0.2, 0) is 6.54 Å². The molecular weight excluding hydrogens is 248 g/mol. The van der Waals surface area contributed by atoms with Crippen LogP contribution in [0.4, 0.5) is 8.78 Å². The lowest BCUT2D eigenvalue weighted by Gasteiger charge is -2.17. The van der Waals surface area contributed by atoms with Crippen LogP contribution in [0.1, 0.15) is 17.2 Å². The first kappa shape index (κ1) is 13.6. The fraction of sp³-hybridized carbons (Fsp3) is 0.200. The van der Waals surface area contributed by atoms with E-state index >= 15 is 0 Å². The van der Waals surface area contributed by atoms with Crippen molar-refractivity contribution in [3.63, 3.8) is 0 Å². The van der Waals surface area contributed by atoms with Gasteiger partial charge in [-0.25, -0.2) is 8.78 Å². The minimum absolute atomic E-state index is 0.110. The topological polar surface area (TPSA) is 32.3 Å². The Hall–Kier alpha value is -1.78. The largest absolute Gasteiger partial charge is 0.394 e. The molecule has 0 aliphatic carbocycles. The molecule has 2 rings (SSSR count). The highest BCUT2D eigenvalue weighted by Crippen LogP contribution is 2.15. The maximum absolute atomic E-state index is 13.5. The van der Waals surface area contributed by atoms with Crippen molar-refractivity contribution in [2.45, 2.75) is 12.6 Å². The normalized spacial score (nSPS) is 12.4. The van der Waals surface area contributed by atoms with Crippen LogP contribution in [0.2, 0.25) is 0 Å². The van der Waals surface area contributed by atoms with Gasteiger partial charge >= 0.3 is 0 Å². The first-order valence-electron chi connectivity index (χ1n) is 6.04. The van der Waals surface area contributed by atoms with E-state index in [-0.39, 0.29) is 24.8 Å². The summed E-state index contributed by atoms with van der Waals surface area (Å²) in [6, 6.07) is 13.1. The van der Waals surface area contributed by atoms with Gasteiger partial charge in [0.2, 0.25) is 0 Å². The molecule has 2 N–H and O–H groups in total. The number of aliphatic hydroxyl groups excluding tert-OH is 1. The Morgan fingerprint density at radius 3 is 2.42 bits per heavy atom. The fourth-order valence-corrected chi connectivity index (χ4v) is 1.89. The Balaban J connectivity index is 2.06. The van der Waals surface area contributed by atoms with Crippen molar-refractivity contribution in [3.05, 3.63) is 71.3 Å². The molecule has 0 heterocycles. The molecule has 1 atom stereocenters. The highest BCUT2D eigenvalue weighted by atomic mass is 19.2. The second kappa shape index (κ2) is 6.41. The quantitative estimate of drug-likeness (QED) is 0.869. The van der Waals surface area contributed by atoms with Crippen LogP contribution in [0.3, 0.4) is 0 Å². The van der Waals surface area contributed by atoms with E-state index in [2.05, 4.69) is 5.32 Å². The Morgan fingerprint density at radius 1 is 1.00 bits per heavy atom. The molecule has 0 fully saturated rings. The maximum atomic E-state index is 13.5. The van der Waals surface area contributed by atoms with Gasteiger partial charge in [-0.1, -0.05) is 42.5 Å². The van der Waals surface area contributed by atoms with Gasteiger partial charge in [0, 0.05) is 12.1 Å². The molecule has 0 spiro atoms. The van der Waals surface area contributed by atoms with Crippen LogP contribution in [0.25, 0.3) is 0 Å². The molecule has 1 unspecified atom stereocenters. The van der Waals surface area contributed by atoms with E-state index in [0.717, 1.165) is 11.6 Å². The first-order chi connectivity index (χ1) is 9.22. The van der Waals surface area contributed by atoms with Crippen molar-refractivity contribution in [3.8, 4) is 0 Å². The molecular formula is C15H15F2NO. The number of hydrogen-bond acceptors (Lipinski definition) is 2. The molecule has 0 bridgehead atoms. The summed E-state index contributed by atoms with van der Waals surface area (Å²) < 4.78 is 26.5. The third-order valence-electron chi connectivity index (χ3n) is 2.95. The number of nitrogens with one attached hydrogen (secondary N) is 1. The minimum Gasteiger partial charge on any atom is -0.394 e. The van der Waals surface area contributed by atoms with Gasteiger partial charge in [0.1, 0.15) is 0 Å². The minimum atomic E-state index is -0.862. The number of halogens is 2. The van der Waals surface area contributed by atoms with Gasteiger partial charge in [0.15, 0.2) is 11.6 Å². The number of rotatable bonds is 5. The van der Waals surface area contributed by atoms with Gasteiger partial charge in [-0.2, -0.15) is 0 Å². The molecule has 2 aromatic rings. The van der Waals surface area contributed by atoms with E-state index in [0.29, 0.717) is 0 Å². The predicted molar refractivity (Wildman–Crippen MR) is 69.5 cm³/mol. The zero-order chi connectivity index (χ0) is 13.7. The summed E-state index contributed by atoms with van der Waals surface area (Å²) in [6.07, 6.45) is 0. The molecule has 100 valence electrons. The summed E-state index contributed by atoms with van der Waals surface area (Å²) in [5.41, 5.74) is 1.15. The van der Waals surface area contributed by atoms with E-state index in [1.54, 1.807) is 0 Å². The summed E-state index contributed by atoms with van der Waals surface area (Å²) in [5, 5.41) is 12.4. The van der Waals surface area contributed by atoms with E-state index in [9.17, 15) is 13.9 Å². The van der Waals surface area contributed by atoms with Crippen LogP contribution in [0.15, 0.2) is 48.5 Å². The van der Waals surface area contributed by atoms with Gasteiger partial charge in [-0.05, 0) is 11.6 Å². The average molecular weight is 263 g/mol. The van der Waals surface area contributed by atoms with Gasteiger partial charge in [-0.15, -0.1) is 0 Å². The molecule has 4 heteroatoms. The van der Waals surface area contributed by atoms with Crippen LogP contribution < -0.4 is 5.32 Å². The summed E-state index contributed by atoms with van der Waals surface area (Å²) in [6.45, 7) is 0.0463. The maximum Gasteiger partial charge on any atom is 0.163 e. The first-order valence-corrected chi connectivity index (χ1v) is 6.04. The second-order valence-electron chi connectivity index (χ2n) is 4.24. The van der Waals surface area contributed by atoms with Gasteiger partial charge in [0.05, 0.1) is 12.6 Å². The van der Waals surface area contributed by atoms with Crippen molar-refractivity contribution < 1.29 is 13.9 Å². The third kappa shape index (κ3) is 3.36. The second-order valence-corrected chi connectivity index (χ2v) is 4.24. The summed E-state index contributed by atoms with van der Waals surface area (Å²) >= 11 is 0. The Bertz CT molecular complexity index is 531. The highest BCUT2D eigenvalue weighted by Gasteiger charge is 2.12. The monoisotopic (exact) mass is 263 g/mol. The molecule has 0 aliphatic heterocycles. The predicted octanol–water partition coefficient (Wildman–Crippen LogP) is 2.79. The molecule has 0 saturated carbocycles. The number of hydrogen-bond donors (Lipinski definition) is 2. The molecule has 2 aromatic carbocycles. The van der Waals surface area contributed by atoms with E-state index in [4.69, 9.17) is 0 Å². The van der Waals surface area contributed by atoms with Crippen molar-refractivity contribution in [2.24, 2.45) is 0 Å². The number of aliphatic hydroxyl groups is 1. The van der Waals surface area contributed by atoms with Crippen molar-refractivity contribution >= 4 is 0 Å². The lowest BCUT2D eigenvalue weighted by molar-refractivity contribution is 0.243. The lowest BCUT2D eigenvalue weighted by Crippen LogP contribution is -2.24. The summed E-state index contributed by atoms with van der Waals surface area (Å²) in [4.78, 5) is 0. The average Bonchev–Trinajstić information content (AvgIpc) is 2.45. The third-order valence-corrected chi connectivity index (χ3v) is 2.95. The molecule has 2 nitrogen and oxygen atoms in total. The lowest BCUT2D eigenvalue weighted by atomic mass is 10.1. The van der Waals surface area contributed by atoms with Gasteiger partial charge < -0.3 is 10.4 Å². The standard InChI is InChI=1S/C15H15F2NO/c16-13-8-4-7-12(15(13)17)9-18-14(10-19)11-5-2-1-3-6-11/h1-8,14,18-19H,9-10H2. The molecule has 0 aliphatic rings. The molecule has 0 saturated heterocycles. The zero-order valence-electron chi connectivity index (χ0n) is 10.3. The van der Waals surface area contributed by atoms with E-state index in [1.807, 2.05) is 30.3 Å². The van der Waals surface area contributed by atoms with Gasteiger partial charge in [0.25, 0.3) is 0 Å². The van der Waals surface area contributed by atoms with Crippen LogP contribution in [0.5, 0.6) is 0 Å². The molecule has 0 amide bonds. The highest BCUT2D eigenvalue weighted by molar-refractivity contribution is 5.21. The Morgan fingerprint density at radius 2 is 1.74 bits per heavy atom. The molecule has 0 aromatic heterocycles. The number of benzene rings is 2. The Labute approximate surface area is 110 Å². The molecule has 19 heavy (non-hydrogen) atoms. The smallest absolute Gasteiger partial charge is 0.163 e. The summed E-state index contributed by atoms with van der Waals surface area (Å²) in [5.74, 6) is -1.71. The Kier molecular flexibility index (Phi) is 4.60. The van der Waals surface area contributed by atoms with Crippen molar-refractivity contribution in [1.29, 1.82) is 0 Å². The zero-order valence-corrected chi connectivity index (χ0v) is 10.3. The van der Waals surface area contributed by atoms with Crippen molar-refractivity contribution in [1.82, 2.24) is 5.32 Å². The van der Waals surface area contributed by atoms with E-state index in [1.165, 1.54) is 12.1 Å².